The summed E-state index contributed by atoms with van der Waals surface area (Å²) in [6.07, 6.45) is 1.03. The third-order valence-corrected chi connectivity index (χ3v) is 1.70. The van der Waals surface area contributed by atoms with Gasteiger partial charge in [-0.3, -0.25) is 0 Å². The quantitative estimate of drug-likeness (QED) is 0.666. The van der Waals surface area contributed by atoms with E-state index in [4.69, 9.17) is 0 Å². The lowest BCUT2D eigenvalue weighted by molar-refractivity contribution is -0.0523. The van der Waals surface area contributed by atoms with E-state index in [2.05, 4.69) is 15.2 Å². The zero-order chi connectivity index (χ0) is 7.90. The van der Waals surface area contributed by atoms with Crippen molar-refractivity contribution in [2.75, 3.05) is 0 Å². The molecule has 0 spiro atoms. The first-order valence-corrected chi connectivity index (χ1v) is 3.26. The molecule has 3 nitrogen and oxygen atoms in total. The Morgan fingerprint density at radius 2 is 2.18 bits per heavy atom. The van der Waals surface area contributed by atoms with Crippen molar-refractivity contribution in [3.8, 4) is 0 Å². The summed E-state index contributed by atoms with van der Waals surface area (Å²) in [5.41, 5.74) is 0. The molecule has 1 radical (unpaired) electrons. The van der Waals surface area contributed by atoms with Gasteiger partial charge in [0, 0.05) is 12.8 Å². The van der Waals surface area contributed by atoms with Gasteiger partial charge in [0.25, 0.3) is 0 Å². The lowest BCUT2D eigenvalue weighted by Crippen LogP contribution is -2.34. The third-order valence-electron chi connectivity index (χ3n) is 1.70. The van der Waals surface area contributed by atoms with Gasteiger partial charge in [-0.05, 0) is 0 Å². The van der Waals surface area contributed by atoms with Gasteiger partial charge in [0.1, 0.15) is 12.2 Å². The summed E-state index contributed by atoms with van der Waals surface area (Å²) in [6.45, 7) is 0. The maximum absolute atomic E-state index is 12.3. The Morgan fingerprint density at radius 3 is 2.64 bits per heavy atom. The summed E-state index contributed by atoms with van der Waals surface area (Å²) >= 11 is 0. The summed E-state index contributed by atoms with van der Waals surface area (Å²) in [4.78, 5) is 2.68. The van der Waals surface area contributed by atoms with Crippen molar-refractivity contribution in [3.63, 3.8) is 0 Å². The average Bonchev–Trinajstić information content (AvgIpc) is 2.32. The molecule has 59 valence electrons. The summed E-state index contributed by atoms with van der Waals surface area (Å²) in [5, 5.41) is 7.13. The minimum atomic E-state index is -2.51. The van der Waals surface area contributed by atoms with E-state index in [1.165, 1.54) is 6.33 Å². The molecule has 0 saturated heterocycles. The van der Waals surface area contributed by atoms with Crippen LogP contribution < -0.4 is 0 Å². The minimum absolute atomic E-state index is 0.178. The van der Waals surface area contributed by atoms with Crippen LogP contribution in [-0.4, -0.2) is 21.1 Å². The van der Waals surface area contributed by atoms with Crippen LogP contribution >= 0.6 is 0 Å². The Morgan fingerprint density at radius 1 is 1.45 bits per heavy atom. The molecule has 0 aromatic carbocycles. The van der Waals surface area contributed by atoms with E-state index < -0.39 is 5.92 Å². The van der Waals surface area contributed by atoms with Crippen molar-refractivity contribution >= 4 is 0 Å². The van der Waals surface area contributed by atoms with E-state index in [0.717, 1.165) is 0 Å². The topological polar surface area (TPSA) is 41.6 Å². The monoisotopic (exact) mass is 158 g/mol. The van der Waals surface area contributed by atoms with E-state index in [1.54, 1.807) is 0 Å². The van der Waals surface area contributed by atoms with Gasteiger partial charge in [-0.2, -0.15) is 0 Å². The van der Waals surface area contributed by atoms with Crippen LogP contribution in [-0.2, 0) is 0 Å². The zero-order valence-electron chi connectivity index (χ0n) is 5.64. The summed E-state index contributed by atoms with van der Waals surface area (Å²) in [7, 11) is 0. The molecule has 0 aliphatic heterocycles. The number of nitrogens with one attached hydrogen (secondary N) is 1. The largest absolute Gasteiger partial charge is 0.331 e. The number of alkyl halides is 2. The van der Waals surface area contributed by atoms with Gasteiger partial charge in [0.2, 0.25) is 5.92 Å². The van der Waals surface area contributed by atoms with Crippen molar-refractivity contribution in [3.05, 3.63) is 18.1 Å². The molecule has 2 rings (SSSR count). The SMILES string of the molecule is FC1(F)C[C](c2nnc[nH]2)C1. The van der Waals surface area contributed by atoms with Crippen LogP contribution in [0.1, 0.15) is 18.7 Å². The molecule has 1 aliphatic rings. The molecule has 0 amide bonds. The van der Waals surface area contributed by atoms with Crippen molar-refractivity contribution in [1.29, 1.82) is 0 Å². The Labute approximate surface area is 61.8 Å². The average molecular weight is 158 g/mol. The molecule has 1 N–H and O–H groups in total. The molecule has 0 bridgehead atoms. The van der Waals surface area contributed by atoms with E-state index in [9.17, 15) is 8.78 Å². The number of nitrogens with zero attached hydrogens (tertiary/aromatic N) is 2. The lowest BCUT2D eigenvalue weighted by atomic mass is 9.81. The molecule has 1 aliphatic carbocycles. The summed E-state index contributed by atoms with van der Waals surface area (Å²) in [5.74, 6) is -1.36. The zero-order valence-corrected chi connectivity index (χ0v) is 5.64. The Kier molecular flexibility index (Phi) is 1.21. The van der Waals surface area contributed by atoms with Crippen molar-refractivity contribution in [1.82, 2.24) is 15.2 Å². The maximum Gasteiger partial charge on any atom is 0.250 e. The molecule has 1 aromatic heterocycles. The highest BCUT2D eigenvalue weighted by Gasteiger charge is 2.47. The van der Waals surface area contributed by atoms with Crippen molar-refractivity contribution in [2.45, 2.75) is 18.8 Å². The van der Waals surface area contributed by atoms with Gasteiger partial charge < -0.3 is 4.98 Å². The van der Waals surface area contributed by atoms with Gasteiger partial charge in [0.15, 0.2) is 0 Å². The predicted octanol–water partition coefficient (Wildman–Crippen LogP) is 1.16. The summed E-state index contributed by atoms with van der Waals surface area (Å²) < 4.78 is 24.6. The van der Waals surface area contributed by atoms with Gasteiger partial charge in [-0.15, -0.1) is 10.2 Å². The van der Waals surface area contributed by atoms with Crippen LogP contribution in [0.3, 0.4) is 0 Å². The van der Waals surface area contributed by atoms with Crippen molar-refractivity contribution < 1.29 is 8.78 Å². The highest BCUT2D eigenvalue weighted by molar-refractivity contribution is 5.23. The predicted molar refractivity (Wildman–Crippen MR) is 32.9 cm³/mol. The van der Waals surface area contributed by atoms with Crippen LogP contribution in [0.25, 0.3) is 0 Å². The van der Waals surface area contributed by atoms with Crippen LogP contribution in [0.15, 0.2) is 6.33 Å². The fourth-order valence-corrected chi connectivity index (χ4v) is 1.12. The first-order valence-electron chi connectivity index (χ1n) is 3.26. The number of hydrogen-bond donors (Lipinski definition) is 1. The normalized spacial score (nSPS) is 23.1. The maximum atomic E-state index is 12.3. The van der Waals surface area contributed by atoms with E-state index in [1.807, 2.05) is 0 Å². The second-order valence-electron chi connectivity index (χ2n) is 2.65. The minimum Gasteiger partial charge on any atom is -0.331 e. The lowest BCUT2D eigenvalue weighted by Gasteiger charge is -2.32. The molecule has 11 heavy (non-hydrogen) atoms. The smallest absolute Gasteiger partial charge is 0.250 e. The Bertz CT molecular complexity index is 236. The highest BCUT2D eigenvalue weighted by atomic mass is 19.3. The molecule has 1 aromatic rings. The number of aromatic nitrogens is 3. The van der Waals surface area contributed by atoms with Gasteiger partial charge in [-0.25, -0.2) is 8.78 Å². The molecule has 1 fully saturated rings. The van der Waals surface area contributed by atoms with Crippen LogP contribution in [0.4, 0.5) is 8.78 Å². The number of halogens is 2. The fraction of sp³-hybridized carbons (Fsp3) is 0.500. The molecule has 5 heteroatoms. The second-order valence-corrected chi connectivity index (χ2v) is 2.65. The molecule has 0 unspecified atom stereocenters. The van der Waals surface area contributed by atoms with Crippen LogP contribution in [0, 0.1) is 5.92 Å². The number of hydrogen-bond acceptors (Lipinski definition) is 2. The number of aromatic amines is 1. The fourth-order valence-electron chi connectivity index (χ4n) is 1.12. The first kappa shape index (κ1) is 6.69. The highest BCUT2D eigenvalue weighted by Crippen LogP contribution is 2.46. The Balaban J connectivity index is 2.03. The van der Waals surface area contributed by atoms with Gasteiger partial charge >= 0.3 is 0 Å². The molecule has 0 atom stereocenters. The van der Waals surface area contributed by atoms with Crippen molar-refractivity contribution in [2.24, 2.45) is 0 Å². The third kappa shape index (κ3) is 1.10. The first-order chi connectivity index (χ1) is 5.17. The molecule has 1 saturated carbocycles. The van der Waals surface area contributed by atoms with Gasteiger partial charge in [0.05, 0.1) is 5.92 Å². The molecular formula is C6H6F2N3. The summed E-state index contributed by atoms with van der Waals surface area (Å²) in [6, 6.07) is 0. The number of H-pyrrole nitrogens is 1. The van der Waals surface area contributed by atoms with E-state index in [0.29, 0.717) is 11.7 Å². The second kappa shape index (κ2) is 1.99. The van der Waals surface area contributed by atoms with Crippen LogP contribution in [0.2, 0.25) is 0 Å². The van der Waals surface area contributed by atoms with Crippen LogP contribution in [0.5, 0.6) is 0 Å². The molecule has 1 heterocycles. The molecular weight excluding hydrogens is 152 g/mol. The number of rotatable bonds is 1. The van der Waals surface area contributed by atoms with E-state index >= 15 is 0 Å². The van der Waals surface area contributed by atoms with E-state index in [-0.39, 0.29) is 12.8 Å². The standard InChI is InChI=1S/C6H6F2N3/c7-6(8)1-4(2-6)5-9-3-10-11-5/h3H,1-2H2,(H,9,10,11). The van der Waals surface area contributed by atoms with Gasteiger partial charge in [-0.1, -0.05) is 0 Å². The Hall–Kier alpha value is -1.00.